The Morgan fingerprint density at radius 1 is 0.980 bits per heavy atom. The Bertz CT molecular complexity index is 1940. The molecule has 5 rings (SSSR count). The second-order valence-electron chi connectivity index (χ2n) is 12.1. The highest BCUT2D eigenvalue weighted by atomic mass is 32.2. The van der Waals surface area contributed by atoms with Gasteiger partial charge in [-0.1, -0.05) is 29.4 Å². The Balaban J connectivity index is 1.50. The minimum absolute atomic E-state index is 0.0539. The lowest BCUT2D eigenvalue weighted by molar-refractivity contribution is -0.264. The van der Waals surface area contributed by atoms with Gasteiger partial charge in [-0.15, -0.1) is 22.0 Å². The summed E-state index contributed by atoms with van der Waals surface area (Å²) in [6.07, 6.45) is -12.6. The van der Waals surface area contributed by atoms with Crippen LogP contribution in [0.5, 0.6) is 0 Å². The van der Waals surface area contributed by atoms with E-state index in [4.69, 9.17) is 14.9 Å². The Morgan fingerprint density at radius 3 is 2.24 bits per heavy atom. The van der Waals surface area contributed by atoms with Crippen molar-refractivity contribution in [2.24, 2.45) is 5.73 Å². The van der Waals surface area contributed by atoms with Gasteiger partial charge >= 0.3 is 30.4 Å². The maximum Gasteiger partial charge on any atom is 0.471 e. The molecule has 2 aromatic heterocycles. The molecule has 1 aliphatic rings. The van der Waals surface area contributed by atoms with Crippen LogP contribution in [0, 0.1) is 0 Å². The number of alkyl halides is 6. The molecule has 51 heavy (non-hydrogen) atoms. The number of hydrogen-bond donors (Lipinski definition) is 2. The van der Waals surface area contributed by atoms with Crippen molar-refractivity contribution in [3.05, 3.63) is 59.8 Å². The summed E-state index contributed by atoms with van der Waals surface area (Å²) < 4.78 is 99.9. The number of aromatic nitrogens is 4. The highest BCUT2D eigenvalue weighted by Crippen LogP contribution is 2.43. The number of anilines is 1. The third-order valence-corrected chi connectivity index (χ3v) is 8.21. The van der Waals surface area contributed by atoms with Gasteiger partial charge in [-0.2, -0.15) is 31.3 Å². The number of benzene rings is 2. The van der Waals surface area contributed by atoms with Crippen LogP contribution in [0.2, 0.25) is 0 Å². The van der Waals surface area contributed by atoms with Gasteiger partial charge in [0.2, 0.25) is 11.7 Å². The number of rotatable bonds is 7. The molecule has 2 aromatic carbocycles. The maximum atomic E-state index is 14.1. The molecule has 0 bridgehead atoms. The van der Waals surface area contributed by atoms with Crippen LogP contribution in [0.4, 0.5) is 41.6 Å². The van der Waals surface area contributed by atoms with Gasteiger partial charge in [-0.05, 0) is 51.5 Å². The van der Waals surface area contributed by atoms with Crippen LogP contribution < -0.4 is 16.0 Å². The molecule has 1 aliphatic heterocycles. The largest absolute Gasteiger partial charge is 0.471 e. The molecule has 14 nitrogen and oxygen atoms in total. The normalized spacial score (nSPS) is 16.5. The summed E-state index contributed by atoms with van der Waals surface area (Å²) in [6, 6.07) is 9.12. The quantitative estimate of drug-likeness (QED) is 0.204. The van der Waals surface area contributed by atoms with Crippen LogP contribution in [-0.2, 0) is 32.6 Å². The Kier molecular flexibility index (Phi) is 9.71. The third-order valence-electron chi connectivity index (χ3n) is 7.06. The number of halogens is 6. The fourth-order valence-electron chi connectivity index (χ4n) is 4.61. The van der Waals surface area contributed by atoms with Crippen molar-refractivity contribution in [2.75, 3.05) is 10.7 Å². The van der Waals surface area contributed by atoms with Crippen molar-refractivity contribution in [1.29, 1.82) is 0 Å². The van der Waals surface area contributed by atoms with Crippen molar-refractivity contribution in [1.82, 2.24) is 25.7 Å². The lowest BCUT2D eigenvalue weighted by Gasteiger charge is -2.27. The van der Waals surface area contributed by atoms with Gasteiger partial charge in [0.25, 0.3) is 17.4 Å². The number of thioether (sulfide) groups is 1. The number of fused-ring (bicyclic) bond motifs is 1. The standard InChI is InChI=1S/C30H27F6N7O7S/c1-27(2,3)49-26(46)38-17-13-51-19-10-9-16(21-40-41-23(47-21)28(4,30(34,35)36)48-25(37)45)11-18(19)43(22(17)44)12-14-5-7-15(8-6-14)20-39-24(50-42-20)29(31,32)33/h5-11,17H,12-13H2,1-4H3,(H2,37,45)(H,38,46)/t17-,28+/m0/s1. The molecule has 0 spiro atoms. The van der Waals surface area contributed by atoms with Gasteiger partial charge in [-0.25, -0.2) is 9.59 Å². The summed E-state index contributed by atoms with van der Waals surface area (Å²) in [4.78, 5) is 43.2. The zero-order chi connectivity index (χ0) is 37.5. The molecule has 0 fully saturated rings. The number of nitrogens with one attached hydrogen (secondary N) is 1. The van der Waals surface area contributed by atoms with Crippen LogP contribution in [0.3, 0.4) is 0 Å². The smallest absolute Gasteiger partial charge is 0.444 e. The van der Waals surface area contributed by atoms with E-state index in [-0.39, 0.29) is 34.9 Å². The highest BCUT2D eigenvalue weighted by Gasteiger charge is 2.60. The van der Waals surface area contributed by atoms with E-state index < -0.39 is 65.4 Å². The van der Waals surface area contributed by atoms with E-state index >= 15 is 0 Å². The zero-order valence-electron chi connectivity index (χ0n) is 26.9. The Hall–Kier alpha value is -5.34. The molecular weight excluding hydrogens is 716 g/mol. The number of nitrogens with two attached hydrogens (primary N) is 1. The summed E-state index contributed by atoms with van der Waals surface area (Å²) in [7, 11) is 0. The molecule has 0 saturated carbocycles. The Labute approximate surface area is 288 Å². The van der Waals surface area contributed by atoms with Crippen LogP contribution in [0.25, 0.3) is 22.8 Å². The van der Waals surface area contributed by atoms with Crippen LogP contribution in [0.15, 0.2) is 56.3 Å². The first kappa shape index (κ1) is 36.9. The summed E-state index contributed by atoms with van der Waals surface area (Å²) in [6.45, 7) is 5.25. The van der Waals surface area contributed by atoms with Crippen LogP contribution in [0.1, 0.15) is 45.0 Å². The van der Waals surface area contributed by atoms with E-state index in [1.54, 1.807) is 26.8 Å². The predicted octanol–water partition coefficient (Wildman–Crippen LogP) is 6.21. The summed E-state index contributed by atoms with van der Waals surface area (Å²) in [5.74, 6) is -3.95. The van der Waals surface area contributed by atoms with Gasteiger partial charge in [0.05, 0.1) is 12.2 Å². The molecule has 0 unspecified atom stereocenters. The molecule has 21 heteroatoms. The van der Waals surface area contributed by atoms with E-state index in [1.165, 1.54) is 53.1 Å². The number of carbonyl (C=O) groups is 3. The number of nitrogens with zero attached hydrogens (tertiary/aromatic N) is 5. The second kappa shape index (κ2) is 13.4. The number of primary amides is 1. The topological polar surface area (TPSA) is 189 Å². The number of carbonyl (C=O) groups excluding carboxylic acids is 3. The lowest BCUT2D eigenvalue weighted by atomic mass is 10.1. The highest BCUT2D eigenvalue weighted by molar-refractivity contribution is 7.99. The van der Waals surface area contributed by atoms with Gasteiger partial charge in [-0.3, -0.25) is 4.79 Å². The first-order chi connectivity index (χ1) is 23.6. The molecular formula is C30H27F6N7O7S. The molecule has 272 valence electrons. The predicted molar refractivity (Wildman–Crippen MR) is 164 cm³/mol. The van der Waals surface area contributed by atoms with E-state index in [2.05, 4.69) is 34.9 Å². The molecule has 3 N–H and O–H groups in total. The molecule has 0 aliphatic carbocycles. The van der Waals surface area contributed by atoms with Gasteiger partial charge in [0.1, 0.15) is 11.6 Å². The molecule has 3 amide bonds. The van der Waals surface area contributed by atoms with Gasteiger partial charge < -0.3 is 34.4 Å². The van der Waals surface area contributed by atoms with E-state index in [1.807, 2.05) is 0 Å². The first-order valence-electron chi connectivity index (χ1n) is 14.6. The average Bonchev–Trinajstić information content (AvgIpc) is 3.70. The fraction of sp³-hybridized carbons (Fsp3) is 0.367. The maximum absolute atomic E-state index is 14.1. The number of alkyl carbamates (subject to hydrolysis) is 1. The monoisotopic (exact) mass is 743 g/mol. The van der Waals surface area contributed by atoms with Gasteiger partial charge in [0.15, 0.2) is 0 Å². The van der Waals surface area contributed by atoms with E-state index in [0.717, 1.165) is 0 Å². The minimum atomic E-state index is -5.20. The van der Waals surface area contributed by atoms with Gasteiger partial charge in [0, 0.05) is 21.8 Å². The van der Waals surface area contributed by atoms with Crippen LogP contribution >= 0.6 is 11.8 Å². The Morgan fingerprint density at radius 2 is 1.65 bits per heavy atom. The summed E-state index contributed by atoms with van der Waals surface area (Å²) in [5, 5.41) is 13.1. The number of ether oxygens (including phenoxy) is 2. The van der Waals surface area contributed by atoms with Crippen molar-refractivity contribution < 1.29 is 59.1 Å². The lowest BCUT2D eigenvalue weighted by Crippen LogP contribution is -2.50. The fourth-order valence-corrected chi connectivity index (χ4v) is 5.66. The van der Waals surface area contributed by atoms with Crippen molar-refractivity contribution in [3.8, 4) is 22.8 Å². The molecule has 0 radical (unpaired) electrons. The molecule has 0 saturated heterocycles. The zero-order valence-corrected chi connectivity index (χ0v) is 27.7. The molecule has 3 heterocycles. The van der Waals surface area contributed by atoms with E-state index in [0.29, 0.717) is 17.4 Å². The first-order valence-corrected chi connectivity index (χ1v) is 15.6. The number of hydrogen-bond acceptors (Lipinski definition) is 12. The average molecular weight is 744 g/mol. The van der Waals surface area contributed by atoms with Crippen molar-refractivity contribution in [3.63, 3.8) is 0 Å². The SMILES string of the molecule is CC(C)(C)OC(=O)N[C@H]1CSc2ccc(-c3nnc([C@@](C)(OC(N)=O)C(F)(F)F)o3)cc2N(Cc2ccc(-c3noc(C(F)(F)F)n3)cc2)C1=O. The number of amides is 3. The second-order valence-corrected chi connectivity index (χ2v) is 13.2. The summed E-state index contributed by atoms with van der Waals surface area (Å²) >= 11 is 1.18. The summed E-state index contributed by atoms with van der Waals surface area (Å²) in [5.41, 5.74) is 1.56. The van der Waals surface area contributed by atoms with E-state index in [9.17, 15) is 40.7 Å². The minimum Gasteiger partial charge on any atom is -0.444 e. The van der Waals surface area contributed by atoms with Crippen molar-refractivity contribution in [2.45, 2.75) is 68.7 Å². The van der Waals surface area contributed by atoms with Crippen LogP contribution in [-0.4, -0.2) is 62.0 Å². The van der Waals surface area contributed by atoms with Crippen molar-refractivity contribution >= 4 is 35.5 Å². The third kappa shape index (κ3) is 8.18. The molecule has 2 atom stereocenters. The molecule has 4 aromatic rings.